The van der Waals surface area contributed by atoms with E-state index in [1.54, 1.807) is 6.07 Å². The third-order valence-electron chi connectivity index (χ3n) is 2.44. The van der Waals surface area contributed by atoms with E-state index in [1.807, 2.05) is 0 Å². The molecule has 0 atom stereocenters. The molecule has 0 amide bonds. The molecule has 0 unspecified atom stereocenters. The van der Waals surface area contributed by atoms with Gasteiger partial charge in [0.2, 0.25) is 10.0 Å². The fourth-order valence-electron chi connectivity index (χ4n) is 1.31. The van der Waals surface area contributed by atoms with Gasteiger partial charge in [-0.2, -0.15) is 4.31 Å². The molecule has 1 aromatic rings. The summed E-state index contributed by atoms with van der Waals surface area (Å²) in [5.74, 6) is -0.239. The topological polar surface area (TPSA) is 97.5 Å². The van der Waals surface area contributed by atoms with Crippen LogP contribution in [0.1, 0.15) is 0 Å². The first-order valence-corrected chi connectivity index (χ1v) is 9.52. The number of nitrogens with two attached hydrogens (primary N) is 1. The van der Waals surface area contributed by atoms with E-state index in [0.29, 0.717) is 4.47 Å². The Morgan fingerprint density at radius 2 is 1.84 bits per heavy atom. The van der Waals surface area contributed by atoms with Crippen LogP contribution in [0.2, 0.25) is 0 Å². The Hall–Kier alpha value is -0.640. The van der Waals surface area contributed by atoms with Gasteiger partial charge in [-0.15, -0.1) is 0 Å². The van der Waals surface area contributed by atoms with Gasteiger partial charge in [0.1, 0.15) is 14.7 Å². The van der Waals surface area contributed by atoms with E-state index < -0.39 is 19.9 Å². The van der Waals surface area contributed by atoms with Gasteiger partial charge in [-0.25, -0.2) is 16.8 Å². The monoisotopic (exact) mass is 370 g/mol. The smallest absolute Gasteiger partial charge is 0.244 e. The van der Waals surface area contributed by atoms with Crippen molar-refractivity contribution in [1.29, 1.82) is 0 Å². The van der Waals surface area contributed by atoms with Crippen molar-refractivity contribution in [3.8, 4) is 0 Å². The minimum absolute atomic E-state index is 0.0436. The molecule has 108 valence electrons. The lowest BCUT2D eigenvalue weighted by Gasteiger charge is -2.18. The maximum Gasteiger partial charge on any atom is 0.244 e. The van der Waals surface area contributed by atoms with E-state index >= 15 is 0 Å². The van der Waals surface area contributed by atoms with Gasteiger partial charge < -0.3 is 5.73 Å². The molecule has 0 aliphatic heterocycles. The molecule has 0 fully saturated rings. The normalized spacial score (nSPS) is 12.8. The van der Waals surface area contributed by atoms with Gasteiger partial charge in [-0.3, -0.25) is 0 Å². The van der Waals surface area contributed by atoms with Crippen LogP contribution in [0, 0.1) is 0 Å². The molecular formula is C10H15BrN2O4S2. The predicted molar refractivity (Wildman–Crippen MR) is 78.1 cm³/mol. The summed E-state index contributed by atoms with van der Waals surface area (Å²) in [5.41, 5.74) is 5.77. The zero-order chi connectivity index (χ0) is 14.8. The van der Waals surface area contributed by atoms with Crippen molar-refractivity contribution in [2.75, 3.05) is 31.3 Å². The molecule has 0 aliphatic rings. The molecule has 9 heteroatoms. The number of sulfonamides is 1. The number of anilines is 1. The van der Waals surface area contributed by atoms with Crippen molar-refractivity contribution >= 4 is 41.5 Å². The number of benzene rings is 1. The Kier molecular flexibility index (Phi) is 4.99. The molecule has 0 heterocycles. The highest BCUT2D eigenvalue weighted by Gasteiger charge is 2.24. The minimum Gasteiger partial charge on any atom is -0.398 e. The van der Waals surface area contributed by atoms with Crippen molar-refractivity contribution in [3.63, 3.8) is 0 Å². The number of nitrogen functional groups attached to an aromatic ring is 1. The molecule has 0 aliphatic carbocycles. The number of hydrogen-bond donors (Lipinski definition) is 1. The fraction of sp³-hybridized carbons (Fsp3) is 0.400. The van der Waals surface area contributed by atoms with E-state index in [4.69, 9.17) is 5.73 Å². The molecule has 0 aromatic heterocycles. The standard InChI is InChI=1S/C10H15BrN2O4S2/c1-13(5-6-18(2,14)15)19(16,17)10-7-8(11)3-4-9(10)12/h3-4,7H,5-6,12H2,1-2H3. The second-order valence-corrected chi connectivity index (χ2v) is 9.33. The van der Waals surface area contributed by atoms with Crippen LogP contribution in [-0.2, 0) is 19.9 Å². The highest BCUT2D eigenvalue weighted by molar-refractivity contribution is 9.10. The minimum atomic E-state index is -3.80. The Morgan fingerprint density at radius 3 is 2.37 bits per heavy atom. The molecule has 0 bridgehead atoms. The van der Waals surface area contributed by atoms with Gasteiger partial charge in [-0.05, 0) is 18.2 Å². The van der Waals surface area contributed by atoms with Crippen LogP contribution in [0.3, 0.4) is 0 Å². The quantitative estimate of drug-likeness (QED) is 0.769. The van der Waals surface area contributed by atoms with Crippen LogP contribution >= 0.6 is 15.9 Å². The predicted octanol–water partition coefficient (Wildman–Crippen LogP) is 0.696. The molecule has 1 rings (SSSR count). The Bertz CT molecular complexity index is 671. The van der Waals surface area contributed by atoms with E-state index in [9.17, 15) is 16.8 Å². The van der Waals surface area contributed by atoms with Crippen LogP contribution in [0.5, 0.6) is 0 Å². The lowest BCUT2D eigenvalue weighted by Crippen LogP contribution is -2.32. The van der Waals surface area contributed by atoms with E-state index in [1.165, 1.54) is 19.2 Å². The summed E-state index contributed by atoms with van der Waals surface area (Å²) < 4.78 is 48.2. The zero-order valence-electron chi connectivity index (χ0n) is 10.5. The lowest BCUT2D eigenvalue weighted by atomic mass is 10.3. The van der Waals surface area contributed by atoms with Crippen LogP contribution in [0.4, 0.5) is 5.69 Å². The van der Waals surface area contributed by atoms with E-state index in [2.05, 4.69) is 15.9 Å². The molecule has 6 nitrogen and oxygen atoms in total. The summed E-state index contributed by atoms with van der Waals surface area (Å²) in [7, 11) is -5.71. The summed E-state index contributed by atoms with van der Waals surface area (Å²) >= 11 is 3.17. The largest absolute Gasteiger partial charge is 0.398 e. The molecule has 2 N–H and O–H groups in total. The van der Waals surface area contributed by atoms with Crippen molar-refractivity contribution in [1.82, 2.24) is 4.31 Å². The molecule has 0 radical (unpaired) electrons. The van der Waals surface area contributed by atoms with Gasteiger partial charge in [0.05, 0.1) is 11.4 Å². The van der Waals surface area contributed by atoms with Crippen molar-refractivity contribution < 1.29 is 16.8 Å². The van der Waals surface area contributed by atoms with E-state index in [-0.39, 0.29) is 22.9 Å². The van der Waals surface area contributed by atoms with Crippen LogP contribution in [-0.4, -0.2) is 46.7 Å². The van der Waals surface area contributed by atoms with Gasteiger partial charge in [-0.1, -0.05) is 15.9 Å². The second kappa shape index (κ2) is 5.78. The first kappa shape index (κ1) is 16.4. The van der Waals surface area contributed by atoms with Crippen molar-refractivity contribution in [3.05, 3.63) is 22.7 Å². The number of halogens is 1. The Balaban J connectivity index is 3.07. The summed E-state index contributed by atoms with van der Waals surface area (Å²) in [6.07, 6.45) is 1.06. The zero-order valence-corrected chi connectivity index (χ0v) is 13.7. The second-order valence-electron chi connectivity index (χ2n) is 4.14. The van der Waals surface area contributed by atoms with Crippen LogP contribution < -0.4 is 5.73 Å². The SMILES string of the molecule is CN(CCS(C)(=O)=O)S(=O)(=O)c1cc(Br)ccc1N. The molecular weight excluding hydrogens is 356 g/mol. The Labute approximate surface area is 121 Å². The van der Waals surface area contributed by atoms with Gasteiger partial charge >= 0.3 is 0 Å². The van der Waals surface area contributed by atoms with Gasteiger partial charge in [0.25, 0.3) is 0 Å². The summed E-state index contributed by atoms with van der Waals surface area (Å²) in [5, 5.41) is 0. The van der Waals surface area contributed by atoms with Crippen molar-refractivity contribution in [2.24, 2.45) is 0 Å². The molecule has 0 spiro atoms. The molecule has 0 saturated heterocycles. The first-order chi connectivity index (χ1) is 8.54. The average molecular weight is 371 g/mol. The summed E-state index contributed by atoms with van der Waals surface area (Å²) in [6, 6.07) is 4.49. The fourth-order valence-corrected chi connectivity index (χ4v) is 3.86. The summed E-state index contributed by atoms with van der Waals surface area (Å²) in [6.45, 7) is -0.118. The lowest BCUT2D eigenvalue weighted by molar-refractivity contribution is 0.485. The molecule has 1 aromatic carbocycles. The summed E-state index contributed by atoms with van der Waals surface area (Å²) in [4.78, 5) is -0.0436. The number of hydrogen-bond acceptors (Lipinski definition) is 5. The van der Waals surface area contributed by atoms with Crippen LogP contribution in [0.15, 0.2) is 27.6 Å². The highest BCUT2D eigenvalue weighted by Crippen LogP contribution is 2.25. The van der Waals surface area contributed by atoms with Gasteiger partial charge in [0.15, 0.2) is 0 Å². The number of sulfone groups is 1. The van der Waals surface area contributed by atoms with Gasteiger partial charge in [0, 0.05) is 24.3 Å². The third-order valence-corrected chi connectivity index (χ3v) is 5.77. The highest BCUT2D eigenvalue weighted by atomic mass is 79.9. The number of nitrogens with zero attached hydrogens (tertiary/aromatic N) is 1. The average Bonchev–Trinajstić information content (AvgIpc) is 2.28. The maximum absolute atomic E-state index is 12.3. The molecule has 0 saturated carbocycles. The van der Waals surface area contributed by atoms with Crippen LogP contribution in [0.25, 0.3) is 0 Å². The number of rotatable bonds is 5. The Morgan fingerprint density at radius 1 is 1.26 bits per heavy atom. The maximum atomic E-state index is 12.3. The third kappa shape index (κ3) is 4.44. The molecule has 19 heavy (non-hydrogen) atoms. The van der Waals surface area contributed by atoms with Crippen molar-refractivity contribution in [2.45, 2.75) is 4.90 Å². The first-order valence-electron chi connectivity index (χ1n) is 5.23. The van der Waals surface area contributed by atoms with E-state index in [0.717, 1.165) is 10.6 Å².